The van der Waals surface area contributed by atoms with E-state index in [9.17, 15) is 13.2 Å². The Bertz CT molecular complexity index is 442. The van der Waals surface area contributed by atoms with Gasteiger partial charge in [-0.1, -0.05) is 6.07 Å². The van der Waals surface area contributed by atoms with Gasteiger partial charge in [-0.3, -0.25) is 0 Å². The number of fused-ring (bicyclic) bond motifs is 1. The summed E-state index contributed by atoms with van der Waals surface area (Å²) in [6, 6.07) is 6.47. The van der Waals surface area contributed by atoms with Crippen molar-refractivity contribution >= 4 is 10.9 Å². The van der Waals surface area contributed by atoms with Crippen molar-refractivity contribution in [3.05, 3.63) is 36.0 Å². The number of H-pyrrole nitrogens is 1. The lowest BCUT2D eigenvalue weighted by molar-refractivity contribution is -0.127. The average Bonchev–Trinajstić information content (AvgIpc) is 2.47. The van der Waals surface area contributed by atoms with Crippen molar-refractivity contribution < 1.29 is 13.2 Å². The molecule has 14 heavy (non-hydrogen) atoms. The summed E-state index contributed by atoms with van der Waals surface area (Å²) in [6.45, 7) is 0. The standard InChI is InChI=1S/C10H8F3N/c11-10(12,13)6-7-1-2-9-8(5-7)3-4-14-9/h1-5,14H,6H2. The zero-order valence-corrected chi connectivity index (χ0v) is 7.23. The molecule has 74 valence electrons. The molecular formula is C10H8F3N. The predicted molar refractivity (Wildman–Crippen MR) is 48.1 cm³/mol. The number of aromatic amines is 1. The van der Waals surface area contributed by atoms with Gasteiger partial charge in [0.2, 0.25) is 0 Å². The van der Waals surface area contributed by atoms with Crippen LogP contribution in [-0.2, 0) is 6.42 Å². The summed E-state index contributed by atoms with van der Waals surface area (Å²) in [7, 11) is 0. The molecule has 0 aliphatic rings. The van der Waals surface area contributed by atoms with Crippen LogP contribution >= 0.6 is 0 Å². The summed E-state index contributed by atoms with van der Waals surface area (Å²) < 4.78 is 36.2. The summed E-state index contributed by atoms with van der Waals surface area (Å²) in [5.41, 5.74) is 1.15. The Morgan fingerprint density at radius 2 is 1.93 bits per heavy atom. The highest BCUT2D eigenvalue weighted by Crippen LogP contribution is 2.23. The van der Waals surface area contributed by atoms with Gasteiger partial charge >= 0.3 is 6.18 Å². The van der Waals surface area contributed by atoms with Crippen molar-refractivity contribution in [1.82, 2.24) is 4.98 Å². The molecule has 0 fully saturated rings. The van der Waals surface area contributed by atoms with Gasteiger partial charge in [0.05, 0.1) is 6.42 Å². The van der Waals surface area contributed by atoms with Crippen LogP contribution in [0.25, 0.3) is 10.9 Å². The third kappa shape index (κ3) is 1.89. The first-order valence-corrected chi connectivity index (χ1v) is 4.17. The second kappa shape index (κ2) is 3.04. The van der Waals surface area contributed by atoms with Gasteiger partial charge < -0.3 is 4.98 Å². The van der Waals surface area contributed by atoms with Crippen molar-refractivity contribution in [3.63, 3.8) is 0 Å². The van der Waals surface area contributed by atoms with Gasteiger partial charge in [-0.2, -0.15) is 13.2 Å². The fourth-order valence-corrected chi connectivity index (χ4v) is 1.44. The maximum atomic E-state index is 12.1. The van der Waals surface area contributed by atoms with Gasteiger partial charge in [-0.25, -0.2) is 0 Å². The summed E-state index contributed by atoms with van der Waals surface area (Å²) in [5, 5.41) is 0.812. The topological polar surface area (TPSA) is 15.8 Å². The highest BCUT2D eigenvalue weighted by atomic mass is 19.4. The van der Waals surface area contributed by atoms with Crippen molar-refractivity contribution in [2.24, 2.45) is 0 Å². The zero-order valence-electron chi connectivity index (χ0n) is 7.23. The Kier molecular flexibility index (Phi) is 1.98. The SMILES string of the molecule is FC(F)(F)Cc1ccc2[nH]ccc2c1. The molecule has 0 bridgehead atoms. The molecule has 2 rings (SSSR count). The number of halogens is 3. The maximum Gasteiger partial charge on any atom is 0.393 e. The average molecular weight is 199 g/mol. The Morgan fingerprint density at radius 3 is 2.64 bits per heavy atom. The van der Waals surface area contributed by atoms with Crippen molar-refractivity contribution in [1.29, 1.82) is 0 Å². The van der Waals surface area contributed by atoms with E-state index in [2.05, 4.69) is 4.98 Å². The number of hydrogen-bond acceptors (Lipinski definition) is 0. The van der Waals surface area contributed by atoms with E-state index in [-0.39, 0.29) is 0 Å². The summed E-state index contributed by atoms with van der Waals surface area (Å²) in [5.74, 6) is 0. The number of aromatic nitrogens is 1. The van der Waals surface area contributed by atoms with E-state index in [4.69, 9.17) is 0 Å². The van der Waals surface area contributed by atoms with Gasteiger partial charge in [-0.15, -0.1) is 0 Å². The molecule has 1 heterocycles. The van der Waals surface area contributed by atoms with Crippen molar-refractivity contribution in [2.45, 2.75) is 12.6 Å². The Balaban J connectivity index is 2.35. The van der Waals surface area contributed by atoms with Crippen molar-refractivity contribution in [2.75, 3.05) is 0 Å². The molecule has 0 saturated carbocycles. The minimum absolute atomic E-state index is 0.296. The van der Waals surface area contributed by atoms with Gasteiger partial charge in [0.25, 0.3) is 0 Å². The molecule has 4 heteroatoms. The van der Waals surface area contributed by atoms with Gasteiger partial charge in [0.1, 0.15) is 0 Å². The third-order valence-corrected chi connectivity index (χ3v) is 2.02. The van der Waals surface area contributed by atoms with Crippen LogP contribution in [0.3, 0.4) is 0 Å². The Hall–Kier alpha value is -1.45. The van der Waals surface area contributed by atoms with E-state index in [0.29, 0.717) is 5.56 Å². The molecule has 2 aromatic rings. The van der Waals surface area contributed by atoms with E-state index < -0.39 is 12.6 Å². The second-order valence-electron chi connectivity index (χ2n) is 3.19. The highest BCUT2D eigenvalue weighted by molar-refractivity contribution is 5.79. The molecule has 0 spiro atoms. The first-order valence-electron chi connectivity index (χ1n) is 4.17. The number of nitrogens with one attached hydrogen (secondary N) is 1. The molecule has 0 aliphatic carbocycles. The molecule has 0 aliphatic heterocycles. The van der Waals surface area contributed by atoms with E-state index in [1.54, 1.807) is 24.4 Å². The molecule has 1 aromatic heterocycles. The van der Waals surface area contributed by atoms with Crippen LogP contribution in [0.2, 0.25) is 0 Å². The quantitative estimate of drug-likeness (QED) is 0.725. The molecule has 1 N–H and O–H groups in total. The fraction of sp³-hybridized carbons (Fsp3) is 0.200. The molecule has 0 unspecified atom stereocenters. The molecule has 0 radical (unpaired) electrons. The predicted octanol–water partition coefficient (Wildman–Crippen LogP) is 3.27. The minimum Gasteiger partial charge on any atom is -0.361 e. The lowest BCUT2D eigenvalue weighted by Crippen LogP contribution is -2.11. The third-order valence-electron chi connectivity index (χ3n) is 2.02. The molecule has 1 nitrogen and oxygen atoms in total. The van der Waals surface area contributed by atoms with Gasteiger partial charge in [0, 0.05) is 11.7 Å². The molecular weight excluding hydrogens is 191 g/mol. The number of rotatable bonds is 1. The molecule has 1 aromatic carbocycles. The molecule has 0 atom stereocenters. The summed E-state index contributed by atoms with van der Waals surface area (Å²) in [4.78, 5) is 2.93. The van der Waals surface area contributed by atoms with Crippen LogP contribution < -0.4 is 0 Å². The number of benzene rings is 1. The first kappa shape index (κ1) is 9.12. The Labute approximate surface area is 78.5 Å². The monoisotopic (exact) mass is 199 g/mol. The van der Waals surface area contributed by atoms with Crippen LogP contribution in [0.5, 0.6) is 0 Å². The lowest BCUT2D eigenvalue weighted by atomic mass is 10.1. The summed E-state index contributed by atoms with van der Waals surface area (Å²) >= 11 is 0. The maximum absolute atomic E-state index is 12.1. The minimum atomic E-state index is -4.13. The fourth-order valence-electron chi connectivity index (χ4n) is 1.44. The molecule has 0 saturated heterocycles. The van der Waals surface area contributed by atoms with Gasteiger partial charge in [-0.05, 0) is 29.1 Å². The largest absolute Gasteiger partial charge is 0.393 e. The normalized spacial score (nSPS) is 12.2. The number of alkyl halides is 3. The first-order chi connectivity index (χ1) is 6.54. The molecule has 0 amide bonds. The summed E-state index contributed by atoms with van der Waals surface area (Å²) in [6.07, 6.45) is -3.29. The van der Waals surface area contributed by atoms with Crippen LogP contribution in [0, 0.1) is 0 Å². The van der Waals surface area contributed by atoms with Crippen LogP contribution in [0.1, 0.15) is 5.56 Å². The lowest BCUT2D eigenvalue weighted by Gasteiger charge is -2.05. The highest BCUT2D eigenvalue weighted by Gasteiger charge is 2.27. The van der Waals surface area contributed by atoms with E-state index in [1.165, 1.54) is 6.07 Å². The zero-order chi connectivity index (χ0) is 10.2. The van der Waals surface area contributed by atoms with Crippen molar-refractivity contribution in [3.8, 4) is 0 Å². The van der Waals surface area contributed by atoms with Crippen LogP contribution in [0.4, 0.5) is 13.2 Å². The number of hydrogen-bond donors (Lipinski definition) is 1. The Morgan fingerprint density at radius 1 is 1.14 bits per heavy atom. The van der Waals surface area contributed by atoms with E-state index >= 15 is 0 Å². The smallest absolute Gasteiger partial charge is 0.361 e. The van der Waals surface area contributed by atoms with E-state index in [1.807, 2.05) is 0 Å². The van der Waals surface area contributed by atoms with Crippen LogP contribution in [-0.4, -0.2) is 11.2 Å². The second-order valence-corrected chi connectivity index (χ2v) is 3.19. The van der Waals surface area contributed by atoms with Crippen LogP contribution in [0.15, 0.2) is 30.5 Å². The van der Waals surface area contributed by atoms with E-state index in [0.717, 1.165) is 10.9 Å². The van der Waals surface area contributed by atoms with Gasteiger partial charge in [0.15, 0.2) is 0 Å².